The Morgan fingerprint density at radius 1 is 0.935 bits per heavy atom. The van der Waals surface area contributed by atoms with Crippen LogP contribution in [0.2, 0.25) is 0 Å². The second-order valence-corrected chi connectivity index (χ2v) is 7.10. The summed E-state index contributed by atoms with van der Waals surface area (Å²) in [5.74, 6) is 2.56. The molecule has 2 heterocycles. The van der Waals surface area contributed by atoms with E-state index in [4.69, 9.17) is 13.9 Å². The molecule has 3 aromatic rings. The Bertz CT molecular complexity index is 1090. The van der Waals surface area contributed by atoms with E-state index in [2.05, 4.69) is 33.0 Å². The standard InChI is InChI=1S/C24H24N4O3/c1-29-20-9-7-19(8-10-20)27-12-14-28(15-13-27)24-22(17-25)26-23(31-24)11-6-18-4-3-5-21(16-18)30-2/h3-11,16H,12-15H2,1-2H3. The fourth-order valence-corrected chi connectivity index (χ4v) is 3.56. The minimum Gasteiger partial charge on any atom is -0.497 e. The lowest BCUT2D eigenvalue weighted by atomic mass is 10.2. The number of ether oxygens (including phenoxy) is 2. The number of aromatic nitrogens is 1. The molecule has 0 saturated carbocycles. The third-order valence-corrected chi connectivity index (χ3v) is 5.25. The Morgan fingerprint density at radius 2 is 1.65 bits per heavy atom. The van der Waals surface area contributed by atoms with Gasteiger partial charge in [0.2, 0.25) is 17.5 Å². The molecule has 0 N–H and O–H groups in total. The Hall–Kier alpha value is -3.92. The fourth-order valence-electron chi connectivity index (χ4n) is 3.56. The molecule has 31 heavy (non-hydrogen) atoms. The van der Waals surface area contributed by atoms with Gasteiger partial charge in [-0.15, -0.1) is 0 Å². The summed E-state index contributed by atoms with van der Waals surface area (Å²) in [6, 6.07) is 17.9. The Morgan fingerprint density at radius 3 is 2.32 bits per heavy atom. The highest BCUT2D eigenvalue weighted by Gasteiger charge is 2.24. The summed E-state index contributed by atoms with van der Waals surface area (Å²) in [6.07, 6.45) is 3.66. The molecule has 1 aliphatic rings. The van der Waals surface area contributed by atoms with E-state index in [9.17, 15) is 5.26 Å². The second kappa shape index (κ2) is 9.26. The number of hydrogen-bond acceptors (Lipinski definition) is 7. The molecule has 7 nitrogen and oxygen atoms in total. The Labute approximate surface area is 181 Å². The highest BCUT2D eigenvalue weighted by Crippen LogP contribution is 2.26. The number of nitriles is 1. The van der Waals surface area contributed by atoms with E-state index in [0.29, 0.717) is 17.5 Å². The van der Waals surface area contributed by atoms with Crippen LogP contribution in [-0.2, 0) is 0 Å². The minimum absolute atomic E-state index is 0.309. The molecular weight excluding hydrogens is 392 g/mol. The van der Waals surface area contributed by atoms with Crippen LogP contribution in [0, 0.1) is 11.3 Å². The first-order chi connectivity index (χ1) is 15.2. The minimum atomic E-state index is 0.309. The van der Waals surface area contributed by atoms with Crippen LogP contribution in [0.1, 0.15) is 17.1 Å². The molecule has 2 aromatic carbocycles. The lowest BCUT2D eigenvalue weighted by molar-refractivity contribution is 0.414. The van der Waals surface area contributed by atoms with Gasteiger partial charge in [0.15, 0.2) is 0 Å². The van der Waals surface area contributed by atoms with Gasteiger partial charge in [0, 0.05) is 37.9 Å². The highest BCUT2D eigenvalue weighted by atomic mass is 16.5. The first kappa shape index (κ1) is 20.4. The molecule has 0 atom stereocenters. The van der Waals surface area contributed by atoms with E-state index < -0.39 is 0 Å². The number of benzene rings is 2. The monoisotopic (exact) mass is 416 g/mol. The summed E-state index contributed by atoms with van der Waals surface area (Å²) in [4.78, 5) is 8.73. The smallest absolute Gasteiger partial charge is 0.235 e. The van der Waals surface area contributed by atoms with E-state index in [1.807, 2.05) is 42.5 Å². The van der Waals surface area contributed by atoms with Crippen molar-refractivity contribution in [3.63, 3.8) is 0 Å². The molecule has 1 saturated heterocycles. The maximum Gasteiger partial charge on any atom is 0.235 e. The Balaban J connectivity index is 1.44. The number of piperazine rings is 1. The first-order valence-electron chi connectivity index (χ1n) is 10.1. The number of nitrogens with zero attached hydrogens (tertiary/aromatic N) is 4. The molecule has 1 fully saturated rings. The van der Waals surface area contributed by atoms with Gasteiger partial charge in [0.1, 0.15) is 17.6 Å². The molecule has 7 heteroatoms. The van der Waals surface area contributed by atoms with E-state index in [0.717, 1.165) is 48.9 Å². The van der Waals surface area contributed by atoms with E-state index >= 15 is 0 Å². The zero-order valence-electron chi connectivity index (χ0n) is 17.6. The zero-order valence-corrected chi connectivity index (χ0v) is 17.6. The third-order valence-electron chi connectivity index (χ3n) is 5.25. The average Bonchev–Trinajstić information content (AvgIpc) is 3.26. The fraction of sp³-hybridized carbons (Fsp3) is 0.250. The van der Waals surface area contributed by atoms with Gasteiger partial charge in [-0.05, 0) is 48.0 Å². The van der Waals surface area contributed by atoms with Crippen molar-refractivity contribution in [2.75, 3.05) is 50.2 Å². The van der Waals surface area contributed by atoms with Crippen molar-refractivity contribution < 1.29 is 13.9 Å². The number of methoxy groups -OCH3 is 2. The van der Waals surface area contributed by atoms with Crippen LogP contribution in [0.15, 0.2) is 52.9 Å². The molecule has 0 spiro atoms. The topological polar surface area (TPSA) is 74.8 Å². The predicted octanol–water partition coefficient (Wildman–Crippen LogP) is 4.06. The average molecular weight is 416 g/mol. The summed E-state index contributed by atoms with van der Waals surface area (Å²) in [7, 11) is 3.30. The lowest BCUT2D eigenvalue weighted by Crippen LogP contribution is -2.46. The molecule has 1 aromatic heterocycles. The second-order valence-electron chi connectivity index (χ2n) is 7.10. The van der Waals surface area contributed by atoms with Crippen molar-refractivity contribution >= 4 is 23.7 Å². The summed E-state index contributed by atoms with van der Waals surface area (Å²) in [6.45, 7) is 3.14. The molecule has 158 valence electrons. The van der Waals surface area contributed by atoms with Gasteiger partial charge in [-0.3, -0.25) is 0 Å². The van der Waals surface area contributed by atoms with Crippen molar-refractivity contribution in [3.05, 3.63) is 65.7 Å². The van der Waals surface area contributed by atoms with Crippen molar-refractivity contribution in [2.45, 2.75) is 0 Å². The van der Waals surface area contributed by atoms with E-state index in [1.165, 1.54) is 0 Å². The number of oxazole rings is 1. The zero-order chi connectivity index (χ0) is 21.6. The number of hydrogen-bond donors (Lipinski definition) is 0. The molecule has 1 aliphatic heterocycles. The largest absolute Gasteiger partial charge is 0.497 e. The quantitative estimate of drug-likeness (QED) is 0.600. The van der Waals surface area contributed by atoms with Crippen molar-refractivity contribution in [1.82, 2.24) is 4.98 Å². The van der Waals surface area contributed by atoms with Gasteiger partial charge in [-0.25, -0.2) is 0 Å². The van der Waals surface area contributed by atoms with Crippen molar-refractivity contribution in [1.29, 1.82) is 5.26 Å². The van der Waals surface area contributed by atoms with Gasteiger partial charge < -0.3 is 23.7 Å². The van der Waals surface area contributed by atoms with E-state index in [-0.39, 0.29) is 0 Å². The summed E-state index contributed by atoms with van der Waals surface area (Å²) in [5, 5.41) is 9.53. The number of anilines is 2. The third kappa shape index (κ3) is 4.64. The van der Waals surface area contributed by atoms with Gasteiger partial charge in [-0.2, -0.15) is 10.2 Å². The van der Waals surface area contributed by atoms with Gasteiger partial charge in [0.25, 0.3) is 0 Å². The SMILES string of the molecule is COc1ccc(N2CCN(c3oc(C=Cc4cccc(OC)c4)nc3C#N)CC2)cc1. The summed E-state index contributed by atoms with van der Waals surface area (Å²) >= 11 is 0. The van der Waals surface area contributed by atoms with E-state index in [1.54, 1.807) is 20.3 Å². The first-order valence-corrected chi connectivity index (χ1v) is 10.1. The van der Waals surface area contributed by atoms with Crippen LogP contribution < -0.4 is 19.3 Å². The molecule has 0 radical (unpaired) electrons. The summed E-state index contributed by atoms with van der Waals surface area (Å²) < 4.78 is 16.4. The maximum absolute atomic E-state index is 9.53. The molecule has 0 bridgehead atoms. The normalized spacial score (nSPS) is 14.0. The maximum atomic E-state index is 9.53. The lowest BCUT2D eigenvalue weighted by Gasteiger charge is -2.35. The molecule has 0 aliphatic carbocycles. The summed E-state index contributed by atoms with van der Waals surface area (Å²) in [5.41, 5.74) is 2.43. The van der Waals surface area contributed by atoms with Crippen LogP contribution in [-0.4, -0.2) is 45.4 Å². The Kier molecular flexibility index (Phi) is 6.08. The van der Waals surface area contributed by atoms with Crippen LogP contribution in [0.5, 0.6) is 11.5 Å². The van der Waals surface area contributed by atoms with Gasteiger partial charge in [0.05, 0.1) is 14.2 Å². The molecule has 0 unspecified atom stereocenters. The van der Waals surface area contributed by atoms with Crippen LogP contribution >= 0.6 is 0 Å². The predicted molar refractivity (Wildman–Crippen MR) is 121 cm³/mol. The van der Waals surface area contributed by atoms with Gasteiger partial charge in [-0.1, -0.05) is 12.1 Å². The van der Waals surface area contributed by atoms with Gasteiger partial charge >= 0.3 is 0 Å². The molecule has 4 rings (SSSR count). The number of rotatable bonds is 6. The molecular formula is C24H24N4O3. The van der Waals surface area contributed by atoms with Crippen LogP contribution in [0.3, 0.4) is 0 Å². The molecule has 0 amide bonds. The van der Waals surface area contributed by atoms with Crippen molar-refractivity contribution in [3.8, 4) is 17.6 Å². The van der Waals surface area contributed by atoms with Crippen molar-refractivity contribution in [2.24, 2.45) is 0 Å². The highest BCUT2D eigenvalue weighted by molar-refractivity contribution is 5.68. The van der Waals surface area contributed by atoms with Crippen LogP contribution in [0.4, 0.5) is 11.6 Å². The van der Waals surface area contributed by atoms with Crippen LogP contribution in [0.25, 0.3) is 12.2 Å².